The first-order valence-electron chi connectivity index (χ1n) is 7.30. The highest BCUT2D eigenvalue weighted by molar-refractivity contribution is 5.77. The van der Waals surface area contributed by atoms with Crippen LogP contribution in [0.3, 0.4) is 0 Å². The maximum Gasteiger partial charge on any atom is 0.150 e. The zero-order valence-corrected chi connectivity index (χ0v) is 12.0. The molecule has 2 aromatic rings. The van der Waals surface area contributed by atoms with Crippen LogP contribution in [0.2, 0.25) is 0 Å². The maximum atomic E-state index is 10.8. The van der Waals surface area contributed by atoms with Gasteiger partial charge >= 0.3 is 0 Å². The predicted octanol–water partition coefficient (Wildman–Crippen LogP) is 3.00. The van der Waals surface area contributed by atoms with Crippen LogP contribution in [-0.4, -0.2) is 37.5 Å². The minimum atomic E-state index is 0.712. The number of hydrogen-bond donors (Lipinski definition) is 0. The summed E-state index contributed by atoms with van der Waals surface area (Å²) in [5.74, 6) is 0. The van der Waals surface area contributed by atoms with E-state index in [9.17, 15) is 4.79 Å². The van der Waals surface area contributed by atoms with Gasteiger partial charge in [-0.3, -0.25) is 9.69 Å². The molecule has 1 heterocycles. The van der Waals surface area contributed by atoms with E-state index in [2.05, 4.69) is 29.2 Å². The number of benzene rings is 2. The summed E-state index contributed by atoms with van der Waals surface area (Å²) in [5.41, 5.74) is 4.42. The van der Waals surface area contributed by atoms with Crippen molar-refractivity contribution in [3.8, 4) is 11.1 Å². The molecule has 3 nitrogen and oxygen atoms in total. The van der Waals surface area contributed by atoms with E-state index in [0.29, 0.717) is 5.56 Å². The predicted molar refractivity (Wildman–Crippen MR) is 83.4 cm³/mol. The molecule has 0 unspecified atom stereocenters. The van der Waals surface area contributed by atoms with Gasteiger partial charge in [0.15, 0.2) is 0 Å². The molecule has 1 aliphatic heterocycles. The Morgan fingerprint density at radius 1 is 1.00 bits per heavy atom. The molecule has 1 fully saturated rings. The quantitative estimate of drug-likeness (QED) is 0.807. The smallest absolute Gasteiger partial charge is 0.150 e. The molecular weight excluding hydrogens is 262 g/mol. The fourth-order valence-electron chi connectivity index (χ4n) is 2.68. The topological polar surface area (TPSA) is 29.5 Å². The Labute approximate surface area is 125 Å². The number of hydrogen-bond acceptors (Lipinski definition) is 3. The monoisotopic (exact) mass is 281 g/mol. The van der Waals surface area contributed by atoms with Crippen LogP contribution in [0.25, 0.3) is 11.1 Å². The van der Waals surface area contributed by atoms with Crippen molar-refractivity contribution in [2.45, 2.75) is 6.54 Å². The summed E-state index contributed by atoms with van der Waals surface area (Å²) in [6.07, 6.45) is 0.878. The standard InChI is InChI=1S/C18H19NO2/c20-14-15-5-7-16(8-6-15)18-4-2-1-3-17(18)13-19-9-11-21-12-10-19/h1-8,14H,9-13H2. The van der Waals surface area contributed by atoms with Gasteiger partial charge in [-0.2, -0.15) is 0 Å². The molecule has 3 heteroatoms. The molecule has 21 heavy (non-hydrogen) atoms. The average Bonchev–Trinajstić information content (AvgIpc) is 2.56. The first-order chi connectivity index (χ1) is 10.4. The summed E-state index contributed by atoms with van der Waals surface area (Å²) in [7, 11) is 0. The fourth-order valence-corrected chi connectivity index (χ4v) is 2.68. The van der Waals surface area contributed by atoms with Gasteiger partial charge in [0, 0.05) is 25.2 Å². The molecule has 0 aliphatic carbocycles. The molecule has 1 aliphatic rings. The van der Waals surface area contributed by atoms with Crippen molar-refractivity contribution in [3.05, 3.63) is 59.7 Å². The highest BCUT2D eigenvalue weighted by Gasteiger charge is 2.13. The minimum absolute atomic E-state index is 0.712. The summed E-state index contributed by atoms with van der Waals surface area (Å²) >= 11 is 0. The molecular formula is C18H19NO2. The van der Waals surface area contributed by atoms with E-state index in [1.807, 2.05) is 24.3 Å². The molecule has 1 saturated heterocycles. The van der Waals surface area contributed by atoms with Crippen LogP contribution < -0.4 is 0 Å². The number of nitrogens with zero attached hydrogens (tertiary/aromatic N) is 1. The van der Waals surface area contributed by atoms with Gasteiger partial charge in [-0.1, -0.05) is 48.5 Å². The third-order valence-electron chi connectivity index (χ3n) is 3.87. The van der Waals surface area contributed by atoms with Gasteiger partial charge in [0.25, 0.3) is 0 Å². The van der Waals surface area contributed by atoms with Crippen LogP contribution in [0.1, 0.15) is 15.9 Å². The second-order valence-corrected chi connectivity index (χ2v) is 5.29. The second-order valence-electron chi connectivity index (χ2n) is 5.29. The van der Waals surface area contributed by atoms with E-state index in [-0.39, 0.29) is 0 Å². The molecule has 2 aromatic carbocycles. The molecule has 0 aromatic heterocycles. The Hall–Kier alpha value is -1.97. The first kappa shape index (κ1) is 14.0. The molecule has 0 N–H and O–H groups in total. The van der Waals surface area contributed by atoms with E-state index in [1.165, 1.54) is 11.1 Å². The van der Waals surface area contributed by atoms with Crippen molar-refractivity contribution in [3.63, 3.8) is 0 Å². The zero-order valence-electron chi connectivity index (χ0n) is 12.0. The van der Waals surface area contributed by atoms with Crippen molar-refractivity contribution in [1.29, 1.82) is 0 Å². The van der Waals surface area contributed by atoms with E-state index in [4.69, 9.17) is 4.74 Å². The number of rotatable bonds is 4. The van der Waals surface area contributed by atoms with Crippen molar-refractivity contribution < 1.29 is 9.53 Å². The van der Waals surface area contributed by atoms with Crippen molar-refractivity contribution in [1.82, 2.24) is 4.90 Å². The number of morpholine rings is 1. The Bertz CT molecular complexity index is 601. The Morgan fingerprint density at radius 3 is 2.43 bits per heavy atom. The number of carbonyl (C=O) groups excluding carboxylic acids is 1. The van der Waals surface area contributed by atoms with Crippen LogP contribution >= 0.6 is 0 Å². The molecule has 3 rings (SSSR count). The van der Waals surface area contributed by atoms with Gasteiger partial charge < -0.3 is 4.74 Å². The Balaban J connectivity index is 1.85. The summed E-state index contributed by atoms with van der Waals surface area (Å²) < 4.78 is 5.40. The van der Waals surface area contributed by atoms with Gasteiger partial charge in [0.1, 0.15) is 6.29 Å². The largest absolute Gasteiger partial charge is 0.379 e. The SMILES string of the molecule is O=Cc1ccc(-c2ccccc2CN2CCOCC2)cc1. The van der Waals surface area contributed by atoms with Gasteiger partial charge in [0.2, 0.25) is 0 Å². The minimum Gasteiger partial charge on any atom is -0.379 e. The summed E-state index contributed by atoms with van der Waals surface area (Å²) in [5, 5.41) is 0. The second kappa shape index (κ2) is 6.66. The molecule has 0 spiro atoms. The Kier molecular flexibility index (Phi) is 4.43. The lowest BCUT2D eigenvalue weighted by molar-refractivity contribution is 0.0342. The lowest BCUT2D eigenvalue weighted by Crippen LogP contribution is -2.35. The van der Waals surface area contributed by atoms with Crippen molar-refractivity contribution >= 4 is 6.29 Å². The summed E-state index contributed by atoms with van der Waals surface area (Å²) in [6, 6.07) is 16.2. The van der Waals surface area contributed by atoms with Gasteiger partial charge in [-0.15, -0.1) is 0 Å². The third-order valence-corrected chi connectivity index (χ3v) is 3.87. The number of carbonyl (C=O) groups is 1. The normalized spacial score (nSPS) is 15.8. The zero-order chi connectivity index (χ0) is 14.5. The van der Waals surface area contributed by atoms with Gasteiger partial charge in [-0.25, -0.2) is 0 Å². The number of ether oxygens (including phenoxy) is 1. The van der Waals surface area contributed by atoms with Crippen molar-refractivity contribution in [2.24, 2.45) is 0 Å². The van der Waals surface area contributed by atoms with Crippen LogP contribution in [-0.2, 0) is 11.3 Å². The van der Waals surface area contributed by atoms with Crippen LogP contribution in [0, 0.1) is 0 Å². The molecule has 0 radical (unpaired) electrons. The van der Waals surface area contributed by atoms with Crippen molar-refractivity contribution in [2.75, 3.05) is 26.3 Å². The molecule has 0 atom stereocenters. The van der Waals surface area contributed by atoms with Gasteiger partial charge in [-0.05, 0) is 16.7 Å². The lowest BCUT2D eigenvalue weighted by atomic mass is 9.98. The van der Waals surface area contributed by atoms with E-state index in [0.717, 1.165) is 44.7 Å². The lowest BCUT2D eigenvalue weighted by Gasteiger charge is -2.27. The van der Waals surface area contributed by atoms with Crippen LogP contribution in [0.4, 0.5) is 0 Å². The maximum absolute atomic E-state index is 10.8. The highest BCUT2D eigenvalue weighted by atomic mass is 16.5. The first-order valence-corrected chi connectivity index (χ1v) is 7.30. The van der Waals surface area contributed by atoms with E-state index in [1.54, 1.807) is 0 Å². The van der Waals surface area contributed by atoms with E-state index < -0.39 is 0 Å². The highest BCUT2D eigenvalue weighted by Crippen LogP contribution is 2.25. The summed E-state index contributed by atoms with van der Waals surface area (Å²) in [4.78, 5) is 13.2. The third kappa shape index (κ3) is 3.38. The Morgan fingerprint density at radius 2 is 1.71 bits per heavy atom. The summed E-state index contributed by atoms with van der Waals surface area (Å²) in [6.45, 7) is 4.54. The average molecular weight is 281 g/mol. The molecule has 0 amide bonds. The van der Waals surface area contributed by atoms with E-state index >= 15 is 0 Å². The number of aldehydes is 1. The molecule has 108 valence electrons. The molecule has 0 saturated carbocycles. The van der Waals surface area contributed by atoms with Crippen LogP contribution in [0.5, 0.6) is 0 Å². The van der Waals surface area contributed by atoms with Crippen LogP contribution in [0.15, 0.2) is 48.5 Å². The molecule has 0 bridgehead atoms. The fraction of sp³-hybridized carbons (Fsp3) is 0.278. The van der Waals surface area contributed by atoms with Gasteiger partial charge in [0.05, 0.1) is 13.2 Å².